The molecule has 0 heterocycles. The quantitative estimate of drug-likeness (QED) is 0.434. The summed E-state index contributed by atoms with van der Waals surface area (Å²) in [6.45, 7) is 0. The van der Waals surface area contributed by atoms with Gasteiger partial charge in [-0.15, -0.1) is 0 Å². The molecule has 4 heteroatoms. The van der Waals surface area contributed by atoms with Crippen LogP contribution in [0.1, 0.15) is 22.3 Å². The smallest absolute Gasteiger partial charge is 0.384 e. The van der Waals surface area contributed by atoms with Gasteiger partial charge in [-0.3, -0.25) is 4.79 Å². The largest absolute Gasteiger partial charge is 0.459 e. The molecule has 1 aromatic carbocycles. The second kappa shape index (κ2) is 6.09. The molecule has 0 aliphatic heterocycles. The maximum absolute atomic E-state index is 11.3. The predicted octanol–water partition coefficient (Wildman–Crippen LogP) is 1.31. The van der Waals surface area contributed by atoms with Crippen LogP contribution in [0.4, 0.5) is 0 Å². The highest BCUT2D eigenvalue weighted by atomic mass is 16.5. The van der Waals surface area contributed by atoms with Crippen molar-refractivity contribution in [2.24, 2.45) is 0 Å². The van der Waals surface area contributed by atoms with Crippen molar-refractivity contribution in [1.82, 2.24) is 0 Å². The van der Waals surface area contributed by atoms with Gasteiger partial charge in [0.15, 0.2) is 5.78 Å². The molecular formula is C13H9NO3. The molecule has 0 bridgehead atoms. The van der Waals surface area contributed by atoms with E-state index in [2.05, 4.69) is 16.6 Å². The molecule has 0 spiro atoms. The third kappa shape index (κ3) is 3.81. The zero-order chi connectivity index (χ0) is 12.7. The lowest BCUT2D eigenvalue weighted by atomic mass is 10.1. The average Bonchev–Trinajstić information content (AvgIpc) is 2.36. The number of hydrogen-bond acceptors (Lipinski definition) is 4. The van der Waals surface area contributed by atoms with Crippen LogP contribution >= 0.6 is 0 Å². The number of esters is 1. The number of nitriles is 1. The SMILES string of the molecule is COC(=O)C#Cc1ccc(C(=O)CC#N)cc1. The van der Waals surface area contributed by atoms with Gasteiger partial charge in [-0.05, 0) is 12.1 Å². The molecule has 0 aromatic heterocycles. The van der Waals surface area contributed by atoms with Gasteiger partial charge in [0.2, 0.25) is 0 Å². The maximum Gasteiger partial charge on any atom is 0.384 e. The highest BCUT2D eigenvalue weighted by molar-refractivity contribution is 5.97. The van der Waals surface area contributed by atoms with Crippen LogP contribution in [0.5, 0.6) is 0 Å². The first kappa shape index (κ1) is 12.5. The molecule has 0 radical (unpaired) electrons. The molecule has 0 fully saturated rings. The topological polar surface area (TPSA) is 67.2 Å². The first-order valence-electron chi connectivity index (χ1n) is 4.77. The number of benzene rings is 1. The van der Waals surface area contributed by atoms with Crippen LogP contribution < -0.4 is 0 Å². The van der Waals surface area contributed by atoms with Gasteiger partial charge in [-0.25, -0.2) is 4.79 Å². The Kier molecular flexibility index (Phi) is 4.47. The number of nitrogens with zero attached hydrogens (tertiary/aromatic N) is 1. The van der Waals surface area contributed by atoms with Gasteiger partial charge in [0.05, 0.1) is 19.6 Å². The van der Waals surface area contributed by atoms with E-state index in [4.69, 9.17) is 5.26 Å². The van der Waals surface area contributed by atoms with Crippen molar-refractivity contribution < 1.29 is 14.3 Å². The first-order valence-corrected chi connectivity index (χ1v) is 4.77. The summed E-state index contributed by atoms with van der Waals surface area (Å²) in [5, 5.41) is 8.38. The van der Waals surface area contributed by atoms with Crippen molar-refractivity contribution in [1.29, 1.82) is 5.26 Å². The second-order valence-corrected chi connectivity index (χ2v) is 3.08. The molecule has 0 aliphatic carbocycles. The monoisotopic (exact) mass is 227 g/mol. The van der Waals surface area contributed by atoms with Crippen molar-refractivity contribution in [3.63, 3.8) is 0 Å². The minimum atomic E-state index is -0.616. The predicted molar refractivity (Wildman–Crippen MR) is 59.9 cm³/mol. The van der Waals surface area contributed by atoms with E-state index >= 15 is 0 Å². The lowest BCUT2D eigenvalue weighted by Crippen LogP contribution is -1.97. The van der Waals surface area contributed by atoms with Crippen molar-refractivity contribution in [2.45, 2.75) is 6.42 Å². The van der Waals surface area contributed by atoms with Crippen molar-refractivity contribution in [3.8, 4) is 17.9 Å². The first-order chi connectivity index (χ1) is 8.17. The number of ether oxygens (including phenoxy) is 1. The van der Waals surface area contributed by atoms with Crippen LogP contribution in [0.2, 0.25) is 0 Å². The maximum atomic E-state index is 11.3. The number of methoxy groups -OCH3 is 1. The number of hydrogen-bond donors (Lipinski definition) is 0. The molecule has 1 aromatic rings. The van der Waals surface area contributed by atoms with E-state index in [1.165, 1.54) is 7.11 Å². The summed E-state index contributed by atoms with van der Waals surface area (Å²) in [4.78, 5) is 22.1. The van der Waals surface area contributed by atoms with E-state index in [9.17, 15) is 9.59 Å². The van der Waals surface area contributed by atoms with Gasteiger partial charge in [0.25, 0.3) is 0 Å². The Balaban J connectivity index is 2.81. The second-order valence-electron chi connectivity index (χ2n) is 3.08. The number of rotatable bonds is 2. The van der Waals surface area contributed by atoms with Crippen molar-refractivity contribution >= 4 is 11.8 Å². The van der Waals surface area contributed by atoms with Gasteiger partial charge >= 0.3 is 5.97 Å². The molecule has 0 atom stereocenters. The van der Waals surface area contributed by atoms with Gasteiger partial charge < -0.3 is 4.74 Å². The van der Waals surface area contributed by atoms with E-state index in [0.717, 1.165) is 0 Å². The van der Waals surface area contributed by atoms with E-state index in [1.54, 1.807) is 30.3 Å². The average molecular weight is 227 g/mol. The summed E-state index contributed by atoms with van der Waals surface area (Å²) in [5.41, 5.74) is 1.05. The molecule has 0 saturated carbocycles. The molecule has 0 amide bonds. The van der Waals surface area contributed by atoms with Crippen LogP contribution in [0, 0.1) is 23.2 Å². The molecule has 4 nitrogen and oxygen atoms in total. The number of carbonyl (C=O) groups is 2. The molecule has 0 N–H and O–H groups in total. The summed E-state index contributed by atoms with van der Waals surface area (Å²) in [5.74, 6) is 4.01. The minimum absolute atomic E-state index is 0.146. The molecular weight excluding hydrogens is 218 g/mol. The zero-order valence-corrected chi connectivity index (χ0v) is 9.19. The van der Waals surface area contributed by atoms with Crippen molar-refractivity contribution in [3.05, 3.63) is 35.4 Å². The van der Waals surface area contributed by atoms with E-state index in [1.807, 2.05) is 0 Å². The third-order valence-electron chi connectivity index (χ3n) is 1.94. The van der Waals surface area contributed by atoms with Gasteiger partial charge in [-0.1, -0.05) is 18.1 Å². The Morgan fingerprint density at radius 2 is 1.94 bits per heavy atom. The number of ketones is 1. The molecule has 0 unspecified atom stereocenters. The normalized spacial score (nSPS) is 8.47. The fraction of sp³-hybridized carbons (Fsp3) is 0.154. The summed E-state index contributed by atoms with van der Waals surface area (Å²) in [7, 11) is 1.25. The number of Topliss-reactive ketones (excluding diaryl/α,β-unsaturated/α-hetero) is 1. The summed E-state index contributed by atoms with van der Waals surface area (Å²) < 4.78 is 4.36. The third-order valence-corrected chi connectivity index (χ3v) is 1.94. The summed E-state index contributed by atoms with van der Waals surface area (Å²) >= 11 is 0. The van der Waals surface area contributed by atoms with Crippen LogP contribution in [0.15, 0.2) is 24.3 Å². The fourth-order valence-corrected chi connectivity index (χ4v) is 1.09. The highest BCUT2D eigenvalue weighted by Crippen LogP contribution is 2.05. The lowest BCUT2D eigenvalue weighted by molar-refractivity contribution is -0.133. The molecule has 1 rings (SSSR count). The van der Waals surface area contributed by atoms with Crippen LogP contribution in [0.25, 0.3) is 0 Å². The lowest BCUT2D eigenvalue weighted by Gasteiger charge is -1.96. The Morgan fingerprint density at radius 3 is 2.47 bits per heavy atom. The molecule has 17 heavy (non-hydrogen) atoms. The molecule has 0 saturated heterocycles. The Labute approximate surface area is 98.8 Å². The van der Waals surface area contributed by atoms with Gasteiger partial charge in [0.1, 0.15) is 0 Å². The van der Waals surface area contributed by atoms with Gasteiger partial charge in [0, 0.05) is 17.0 Å². The standard InChI is InChI=1S/C13H9NO3/c1-17-13(16)7-4-10-2-5-11(6-3-10)12(15)8-9-14/h2-3,5-6H,8H2,1H3. The zero-order valence-electron chi connectivity index (χ0n) is 9.19. The Hall–Kier alpha value is -2.59. The van der Waals surface area contributed by atoms with E-state index < -0.39 is 5.97 Å². The molecule has 84 valence electrons. The minimum Gasteiger partial charge on any atom is -0.459 e. The van der Waals surface area contributed by atoms with Crippen LogP contribution in [-0.2, 0) is 9.53 Å². The molecule has 0 aliphatic rings. The van der Waals surface area contributed by atoms with Gasteiger partial charge in [-0.2, -0.15) is 5.26 Å². The summed E-state index contributed by atoms with van der Waals surface area (Å²) in [6.07, 6.45) is -0.146. The van der Waals surface area contributed by atoms with Crippen LogP contribution in [0.3, 0.4) is 0 Å². The Morgan fingerprint density at radius 1 is 1.29 bits per heavy atom. The number of carbonyl (C=O) groups excluding carboxylic acids is 2. The fourth-order valence-electron chi connectivity index (χ4n) is 1.09. The Bertz CT molecular complexity index is 527. The summed E-state index contributed by atoms with van der Waals surface area (Å²) in [6, 6.07) is 8.15. The van der Waals surface area contributed by atoms with Crippen molar-refractivity contribution in [2.75, 3.05) is 7.11 Å². The highest BCUT2D eigenvalue weighted by Gasteiger charge is 2.03. The van der Waals surface area contributed by atoms with E-state index in [0.29, 0.717) is 11.1 Å². The van der Waals surface area contributed by atoms with E-state index in [-0.39, 0.29) is 12.2 Å². The van der Waals surface area contributed by atoms with Crippen LogP contribution in [-0.4, -0.2) is 18.9 Å².